The van der Waals surface area contributed by atoms with Crippen molar-refractivity contribution in [1.82, 2.24) is 0 Å². The van der Waals surface area contributed by atoms with Crippen LogP contribution in [0.2, 0.25) is 0 Å². The molecule has 74 valence electrons. The fraction of sp³-hybridized carbons (Fsp3) is 0.308. The summed E-state index contributed by atoms with van der Waals surface area (Å²) in [7, 11) is 0. The molecule has 0 N–H and O–H groups in total. The first-order chi connectivity index (χ1) is 6.68. The van der Waals surface area contributed by atoms with Crippen LogP contribution in [-0.4, -0.2) is 12.8 Å². The molecule has 0 amide bonds. The van der Waals surface area contributed by atoms with Crippen LogP contribution in [-0.2, 0) is 0 Å². The second-order valence-corrected chi connectivity index (χ2v) is 3.65. The Bertz CT molecular complexity index is 320. The van der Waals surface area contributed by atoms with Crippen LogP contribution < -0.4 is 0 Å². The van der Waals surface area contributed by atoms with Crippen LogP contribution >= 0.6 is 0 Å². The SMILES string of the molecule is C=C(C)CCN=Cc1ccc(C)cc1. The van der Waals surface area contributed by atoms with Crippen LogP contribution in [0.15, 0.2) is 41.4 Å². The van der Waals surface area contributed by atoms with Crippen molar-refractivity contribution in [1.29, 1.82) is 0 Å². The number of hydrogen-bond acceptors (Lipinski definition) is 1. The maximum Gasteiger partial charge on any atom is 0.0426 e. The third-order valence-electron chi connectivity index (χ3n) is 1.99. The molecule has 1 aromatic rings. The van der Waals surface area contributed by atoms with Gasteiger partial charge in [0, 0.05) is 12.8 Å². The Kier molecular flexibility index (Phi) is 4.11. The topological polar surface area (TPSA) is 12.4 Å². The molecule has 1 rings (SSSR count). The molecule has 0 aliphatic rings. The van der Waals surface area contributed by atoms with Gasteiger partial charge in [0.15, 0.2) is 0 Å². The quantitative estimate of drug-likeness (QED) is 0.506. The predicted octanol–water partition coefficient (Wildman–Crippen LogP) is 3.38. The van der Waals surface area contributed by atoms with E-state index in [-0.39, 0.29) is 0 Å². The fourth-order valence-corrected chi connectivity index (χ4v) is 1.08. The predicted molar refractivity (Wildman–Crippen MR) is 63.1 cm³/mol. The molecule has 0 aliphatic heterocycles. The molecule has 0 atom stereocenters. The number of aryl methyl sites for hydroxylation is 1. The average molecular weight is 187 g/mol. The lowest BCUT2D eigenvalue weighted by molar-refractivity contribution is 0.959. The van der Waals surface area contributed by atoms with Crippen LogP contribution in [0.5, 0.6) is 0 Å². The molecule has 0 heterocycles. The lowest BCUT2D eigenvalue weighted by Gasteiger charge is -1.95. The molecule has 1 nitrogen and oxygen atoms in total. The maximum atomic E-state index is 4.33. The largest absolute Gasteiger partial charge is 0.292 e. The normalized spacial score (nSPS) is 10.7. The molecule has 0 bridgehead atoms. The number of aliphatic imine (C=N–C) groups is 1. The van der Waals surface area contributed by atoms with Gasteiger partial charge in [-0.05, 0) is 25.8 Å². The summed E-state index contributed by atoms with van der Waals surface area (Å²) in [5.41, 5.74) is 3.63. The van der Waals surface area contributed by atoms with Gasteiger partial charge in [-0.3, -0.25) is 4.99 Å². The summed E-state index contributed by atoms with van der Waals surface area (Å²) in [6, 6.07) is 8.36. The van der Waals surface area contributed by atoms with E-state index >= 15 is 0 Å². The highest BCUT2D eigenvalue weighted by atomic mass is 14.7. The Balaban J connectivity index is 2.44. The molecule has 0 fully saturated rings. The van der Waals surface area contributed by atoms with Gasteiger partial charge in [-0.2, -0.15) is 0 Å². The second-order valence-electron chi connectivity index (χ2n) is 3.65. The monoisotopic (exact) mass is 187 g/mol. The summed E-state index contributed by atoms with van der Waals surface area (Å²) in [6.45, 7) is 8.79. The third kappa shape index (κ3) is 4.04. The minimum atomic E-state index is 0.837. The average Bonchev–Trinajstić information content (AvgIpc) is 2.15. The van der Waals surface area contributed by atoms with Gasteiger partial charge in [0.05, 0.1) is 0 Å². The van der Waals surface area contributed by atoms with E-state index in [0.29, 0.717) is 0 Å². The number of benzene rings is 1. The molecule has 1 heteroatoms. The Morgan fingerprint density at radius 2 is 2.00 bits per heavy atom. The molecular formula is C13H17N. The minimum Gasteiger partial charge on any atom is -0.292 e. The Morgan fingerprint density at radius 1 is 1.36 bits per heavy atom. The van der Waals surface area contributed by atoms with Crippen LogP contribution in [0.4, 0.5) is 0 Å². The van der Waals surface area contributed by atoms with E-state index in [0.717, 1.165) is 18.5 Å². The minimum absolute atomic E-state index is 0.837. The van der Waals surface area contributed by atoms with Crippen molar-refractivity contribution in [2.75, 3.05) is 6.54 Å². The van der Waals surface area contributed by atoms with Crippen molar-refractivity contribution in [3.05, 3.63) is 47.5 Å². The zero-order chi connectivity index (χ0) is 10.4. The van der Waals surface area contributed by atoms with Gasteiger partial charge in [0.1, 0.15) is 0 Å². The highest BCUT2D eigenvalue weighted by Crippen LogP contribution is 2.01. The van der Waals surface area contributed by atoms with Crippen molar-refractivity contribution >= 4 is 6.21 Å². The third-order valence-corrected chi connectivity index (χ3v) is 1.99. The number of hydrogen-bond donors (Lipinski definition) is 0. The van der Waals surface area contributed by atoms with E-state index in [1.807, 2.05) is 13.1 Å². The molecule has 0 spiro atoms. The maximum absolute atomic E-state index is 4.33. The highest BCUT2D eigenvalue weighted by Gasteiger charge is 1.87. The molecule has 0 saturated carbocycles. The first-order valence-corrected chi connectivity index (χ1v) is 4.89. The Hall–Kier alpha value is -1.37. The second kappa shape index (κ2) is 5.38. The molecule has 0 unspecified atom stereocenters. The number of nitrogens with zero attached hydrogens (tertiary/aromatic N) is 1. The zero-order valence-electron chi connectivity index (χ0n) is 8.96. The first kappa shape index (κ1) is 10.7. The van der Waals surface area contributed by atoms with Crippen molar-refractivity contribution in [2.24, 2.45) is 4.99 Å². The molecule has 0 radical (unpaired) electrons. The van der Waals surface area contributed by atoms with Gasteiger partial charge in [-0.15, -0.1) is 6.58 Å². The molecule has 0 aromatic heterocycles. The van der Waals surface area contributed by atoms with E-state index in [1.54, 1.807) is 0 Å². The van der Waals surface area contributed by atoms with E-state index < -0.39 is 0 Å². The standard InChI is InChI=1S/C13H17N/c1-11(2)8-9-14-10-13-6-4-12(3)5-7-13/h4-7,10H,1,8-9H2,2-3H3. The van der Waals surface area contributed by atoms with Gasteiger partial charge < -0.3 is 0 Å². The highest BCUT2D eigenvalue weighted by molar-refractivity contribution is 5.79. The van der Waals surface area contributed by atoms with Crippen molar-refractivity contribution in [3.8, 4) is 0 Å². The Labute approximate surface area is 86.2 Å². The van der Waals surface area contributed by atoms with Crippen LogP contribution in [0.3, 0.4) is 0 Å². The van der Waals surface area contributed by atoms with E-state index in [9.17, 15) is 0 Å². The molecule has 0 saturated heterocycles. The summed E-state index contributed by atoms with van der Waals surface area (Å²) < 4.78 is 0. The van der Waals surface area contributed by atoms with E-state index in [4.69, 9.17) is 0 Å². The fourth-order valence-electron chi connectivity index (χ4n) is 1.08. The Morgan fingerprint density at radius 3 is 2.57 bits per heavy atom. The summed E-state index contributed by atoms with van der Waals surface area (Å²) in [5, 5.41) is 0. The van der Waals surface area contributed by atoms with Gasteiger partial charge >= 0.3 is 0 Å². The summed E-state index contributed by atoms with van der Waals surface area (Å²) >= 11 is 0. The molecule has 0 aliphatic carbocycles. The van der Waals surface area contributed by atoms with Gasteiger partial charge in [-0.1, -0.05) is 35.4 Å². The lowest BCUT2D eigenvalue weighted by Crippen LogP contribution is -1.85. The molecular weight excluding hydrogens is 170 g/mol. The first-order valence-electron chi connectivity index (χ1n) is 4.89. The van der Waals surface area contributed by atoms with Crippen molar-refractivity contribution in [2.45, 2.75) is 20.3 Å². The van der Waals surface area contributed by atoms with Gasteiger partial charge in [-0.25, -0.2) is 0 Å². The summed E-state index contributed by atoms with van der Waals surface area (Å²) in [6.07, 6.45) is 2.89. The lowest BCUT2D eigenvalue weighted by atomic mass is 10.2. The van der Waals surface area contributed by atoms with E-state index in [2.05, 4.69) is 42.8 Å². The smallest absolute Gasteiger partial charge is 0.0426 e. The van der Waals surface area contributed by atoms with Crippen molar-refractivity contribution < 1.29 is 0 Å². The van der Waals surface area contributed by atoms with Crippen LogP contribution in [0.25, 0.3) is 0 Å². The van der Waals surface area contributed by atoms with Crippen LogP contribution in [0.1, 0.15) is 24.5 Å². The van der Waals surface area contributed by atoms with Crippen molar-refractivity contribution in [3.63, 3.8) is 0 Å². The zero-order valence-corrected chi connectivity index (χ0v) is 8.96. The summed E-state index contributed by atoms with van der Waals surface area (Å²) in [5.74, 6) is 0. The summed E-state index contributed by atoms with van der Waals surface area (Å²) in [4.78, 5) is 4.33. The molecule has 1 aromatic carbocycles. The van der Waals surface area contributed by atoms with Crippen LogP contribution in [0, 0.1) is 6.92 Å². The van der Waals surface area contributed by atoms with E-state index in [1.165, 1.54) is 11.1 Å². The number of rotatable bonds is 4. The molecule has 14 heavy (non-hydrogen) atoms. The van der Waals surface area contributed by atoms with Gasteiger partial charge in [0.2, 0.25) is 0 Å². The van der Waals surface area contributed by atoms with Gasteiger partial charge in [0.25, 0.3) is 0 Å².